The Hall–Kier alpha value is -2.85. The van der Waals surface area contributed by atoms with E-state index in [2.05, 4.69) is 22.6 Å². The van der Waals surface area contributed by atoms with Crippen molar-refractivity contribution >= 4 is 11.6 Å². The second-order valence-corrected chi connectivity index (χ2v) is 11.4. The number of benzene rings is 1. The van der Waals surface area contributed by atoms with Gasteiger partial charge in [0.25, 0.3) is 11.5 Å². The van der Waals surface area contributed by atoms with Crippen molar-refractivity contribution in [2.45, 2.75) is 82.2 Å². The Bertz CT molecular complexity index is 1280. The van der Waals surface area contributed by atoms with Gasteiger partial charge in [-0.15, -0.1) is 0 Å². The zero-order valence-electron chi connectivity index (χ0n) is 22.7. The van der Waals surface area contributed by atoms with E-state index in [1.54, 1.807) is 23.8 Å². The first-order valence-electron chi connectivity index (χ1n) is 13.8. The second-order valence-electron chi connectivity index (χ2n) is 11.4. The molecule has 212 valence electrons. The second kappa shape index (κ2) is 10.6. The number of nitrogens with one attached hydrogen (secondary N) is 2. The average molecular weight is 547 g/mol. The highest BCUT2D eigenvalue weighted by molar-refractivity contribution is 5.99. The number of rotatable bonds is 6. The van der Waals surface area contributed by atoms with Gasteiger partial charge in [0.1, 0.15) is 0 Å². The lowest BCUT2D eigenvalue weighted by Crippen LogP contribution is -2.46. The highest BCUT2D eigenvalue weighted by Crippen LogP contribution is 2.48. The first kappa shape index (κ1) is 27.7. The molecule has 0 bridgehead atoms. The molecule has 39 heavy (non-hydrogen) atoms. The number of piperidine rings is 1. The highest BCUT2D eigenvalue weighted by atomic mass is 19.4. The molecule has 7 nitrogen and oxygen atoms in total. The number of nitrogens with zero attached hydrogens (tertiary/aromatic N) is 2. The van der Waals surface area contributed by atoms with E-state index < -0.39 is 23.7 Å². The smallest absolute Gasteiger partial charge is 0.381 e. The summed E-state index contributed by atoms with van der Waals surface area (Å²) in [6, 6.07) is 4.89. The summed E-state index contributed by atoms with van der Waals surface area (Å²) in [5, 5.41) is 6.40. The number of hydrogen-bond donors (Lipinski definition) is 2. The third kappa shape index (κ3) is 5.72. The van der Waals surface area contributed by atoms with Gasteiger partial charge in [0.05, 0.1) is 22.9 Å². The van der Waals surface area contributed by atoms with Crippen LogP contribution in [0, 0.1) is 6.92 Å². The molecule has 1 amide bonds. The Labute approximate surface area is 226 Å². The molecule has 5 rings (SSSR count). The van der Waals surface area contributed by atoms with Crippen molar-refractivity contribution < 1.29 is 22.7 Å². The predicted octanol–water partition coefficient (Wildman–Crippen LogP) is 5.06. The molecule has 1 saturated carbocycles. The van der Waals surface area contributed by atoms with E-state index in [4.69, 9.17) is 4.74 Å². The predicted molar refractivity (Wildman–Crippen MR) is 143 cm³/mol. The summed E-state index contributed by atoms with van der Waals surface area (Å²) in [6.07, 6.45) is 2.60. The first-order chi connectivity index (χ1) is 18.5. The van der Waals surface area contributed by atoms with Gasteiger partial charge >= 0.3 is 6.18 Å². The van der Waals surface area contributed by atoms with Gasteiger partial charge < -0.3 is 24.8 Å². The monoisotopic (exact) mass is 546 g/mol. The van der Waals surface area contributed by atoms with Crippen molar-refractivity contribution in [2.24, 2.45) is 0 Å². The number of anilines is 1. The lowest BCUT2D eigenvalue weighted by Gasteiger charge is -2.38. The van der Waals surface area contributed by atoms with Gasteiger partial charge in [0, 0.05) is 49.6 Å². The Morgan fingerprint density at radius 1 is 1.18 bits per heavy atom. The number of ether oxygens (including phenoxy) is 1. The average Bonchev–Trinajstić information content (AvgIpc) is 3.66. The number of carbonyl (C=O) groups excluding carboxylic acids is 1. The molecular weight excluding hydrogens is 509 g/mol. The highest BCUT2D eigenvalue weighted by Gasteiger charge is 2.49. The number of pyridine rings is 1. The molecule has 1 unspecified atom stereocenters. The number of amides is 1. The number of aromatic nitrogens is 1. The van der Waals surface area contributed by atoms with Gasteiger partial charge in [0.2, 0.25) is 0 Å². The van der Waals surface area contributed by atoms with E-state index in [1.807, 2.05) is 0 Å². The van der Waals surface area contributed by atoms with Gasteiger partial charge in [-0.1, -0.05) is 12.1 Å². The van der Waals surface area contributed by atoms with E-state index in [0.717, 1.165) is 38.3 Å². The zero-order valence-corrected chi connectivity index (χ0v) is 22.7. The molecule has 2 atom stereocenters. The Kier molecular flexibility index (Phi) is 7.54. The van der Waals surface area contributed by atoms with E-state index in [9.17, 15) is 22.8 Å². The molecule has 2 aliphatic heterocycles. The molecule has 2 N–H and O–H groups in total. The van der Waals surface area contributed by atoms with Crippen LogP contribution in [0.5, 0.6) is 0 Å². The first-order valence-corrected chi connectivity index (χ1v) is 13.8. The van der Waals surface area contributed by atoms with Crippen LogP contribution >= 0.6 is 0 Å². The molecular formula is C29H37F3N4O3. The topological polar surface area (TPSA) is 75.6 Å². The summed E-state index contributed by atoms with van der Waals surface area (Å²) >= 11 is 0. The minimum atomic E-state index is -4.48. The third-order valence-electron chi connectivity index (χ3n) is 8.84. The van der Waals surface area contributed by atoms with E-state index in [0.29, 0.717) is 42.9 Å². The molecule has 3 heterocycles. The van der Waals surface area contributed by atoms with Gasteiger partial charge in [0.15, 0.2) is 0 Å². The van der Waals surface area contributed by atoms with Crippen LogP contribution in [0.25, 0.3) is 0 Å². The van der Waals surface area contributed by atoms with Crippen LogP contribution in [-0.2, 0) is 10.9 Å². The summed E-state index contributed by atoms with van der Waals surface area (Å²) < 4.78 is 47.6. The number of hydrogen-bond acceptors (Lipinski definition) is 5. The maximum absolute atomic E-state index is 13.7. The molecule has 3 aliphatic rings. The molecule has 2 aromatic rings. The molecule has 1 aliphatic carbocycles. The molecule has 2 saturated heterocycles. The summed E-state index contributed by atoms with van der Waals surface area (Å²) in [5.41, 5.74) is 0.580. The Morgan fingerprint density at radius 2 is 1.90 bits per heavy atom. The largest absolute Gasteiger partial charge is 0.416 e. The van der Waals surface area contributed by atoms with E-state index >= 15 is 0 Å². The Morgan fingerprint density at radius 3 is 2.56 bits per heavy atom. The summed E-state index contributed by atoms with van der Waals surface area (Å²) in [6.45, 7) is 5.12. The fraction of sp³-hybridized carbons (Fsp3) is 0.586. The van der Waals surface area contributed by atoms with Gasteiger partial charge in [-0.25, -0.2) is 0 Å². The normalized spacial score (nSPS) is 22.5. The van der Waals surface area contributed by atoms with Crippen LogP contribution in [0.4, 0.5) is 18.9 Å². The van der Waals surface area contributed by atoms with Gasteiger partial charge in [-0.05, 0) is 76.6 Å². The number of carbonyl (C=O) groups is 1. The summed E-state index contributed by atoms with van der Waals surface area (Å²) in [5.74, 6) is -0.434. The van der Waals surface area contributed by atoms with Gasteiger partial charge in [-0.2, -0.15) is 13.2 Å². The molecule has 1 spiro atoms. The van der Waals surface area contributed by atoms with Crippen molar-refractivity contribution in [3.05, 3.63) is 63.1 Å². The Balaban J connectivity index is 1.44. The van der Waals surface area contributed by atoms with Gasteiger partial charge in [-0.3, -0.25) is 9.59 Å². The van der Waals surface area contributed by atoms with Crippen LogP contribution in [0.15, 0.2) is 35.3 Å². The number of likely N-dealkylation sites (tertiary alicyclic amines) is 1. The van der Waals surface area contributed by atoms with Crippen LogP contribution in [0.3, 0.4) is 0 Å². The maximum Gasteiger partial charge on any atom is 0.416 e. The quantitative estimate of drug-likeness (QED) is 0.530. The summed E-state index contributed by atoms with van der Waals surface area (Å²) in [7, 11) is 2.15. The standard InChI is InChI=1S/C29H37F3N4O3/c1-18-22(5-4-6-24(18)29(30,31)32)19(2)33-27(38)23-17-36(21-8-13-39-14-9-21)26(37)15-25(23)34-20-7-12-35(3)28(16-20)10-11-28/h4-6,15,17,19-21,34H,7-14,16H2,1-3H3,(H,33,38)/t19?,20-/m0/s1. The van der Waals surface area contributed by atoms with E-state index in [-0.39, 0.29) is 28.7 Å². The number of halogens is 3. The SMILES string of the molecule is Cc1c(C(C)NC(=O)c2cn(C3CCOCC3)c(=O)cc2N[C@H]2CCN(C)C3(CC3)C2)cccc1C(F)(F)F. The van der Waals surface area contributed by atoms with E-state index in [1.165, 1.54) is 19.1 Å². The minimum absolute atomic E-state index is 0.0759. The minimum Gasteiger partial charge on any atom is -0.381 e. The lowest BCUT2D eigenvalue weighted by molar-refractivity contribution is -0.138. The lowest BCUT2D eigenvalue weighted by atomic mass is 9.95. The van der Waals surface area contributed by atoms with Crippen LogP contribution in [-0.4, -0.2) is 53.8 Å². The molecule has 10 heteroatoms. The van der Waals surface area contributed by atoms with Crippen molar-refractivity contribution in [2.75, 3.05) is 32.1 Å². The van der Waals surface area contributed by atoms with Crippen LogP contribution < -0.4 is 16.2 Å². The summed E-state index contributed by atoms with van der Waals surface area (Å²) in [4.78, 5) is 29.3. The van der Waals surface area contributed by atoms with Crippen LogP contribution in [0.2, 0.25) is 0 Å². The van der Waals surface area contributed by atoms with Crippen molar-refractivity contribution in [3.8, 4) is 0 Å². The fourth-order valence-corrected chi connectivity index (χ4v) is 6.26. The number of alkyl halides is 3. The fourth-order valence-electron chi connectivity index (χ4n) is 6.26. The van der Waals surface area contributed by atoms with Crippen LogP contribution in [0.1, 0.15) is 84.6 Å². The molecule has 1 aromatic heterocycles. The third-order valence-corrected chi connectivity index (χ3v) is 8.84. The zero-order chi connectivity index (χ0) is 27.9. The van der Waals surface area contributed by atoms with Crippen molar-refractivity contribution in [1.29, 1.82) is 0 Å². The maximum atomic E-state index is 13.7. The van der Waals surface area contributed by atoms with Crippen molar-refractivity contribution in [3.63, 3.8) is 0 Å². The molecule has 3 fully saturated rings. The molecule has 0 radical (unpaired) electrons. The molecule has 1 aromatic carbocycles. The van der Waals surface area contributed by atoms with Crippen molar-refractivity contribution in [1.82, 2.24) is 14.8 Å².